The van der Waals surface area contributed by atoms with Crippen molar-refractivity contribution in [1.82, 2.24) is 9.97 Å². The molecule has 0 unspecified atom stereocenters. The first-order valence-corrected chi connectivity index (χ1v) is 9.72. The van der Waals surface area contributed by atoms with Gasteiger partial charge in [-0.3, -0.25) is 0 Å². The molecule has 2 aromatic carbocycles. The Kier molecular flexibility index (Phi) is 5.21. The predicted octanol–water partition coefficient (Wildman–Crippen LogP) is 4.54. The van der Waals surface area contributed by atoms with E-state index < -0.39 is 0 Å². The zero-order valence-corrected chi connectivity index (χ0v) is 16.0. The van der Waals surface area contributed by atoms with E-state index in [1.807, 2.05) is 30.3 Å². The second kappa shape index (κ2) is 8.10. The number of hydrogen-bond acceptors (Lipinski definition) is 6. The van der Waals surface area contributed by atoms with Crippen LogP contribution < -0.4 is 16.2 Å². The van der Waals surface area contributed by atoms with Crippen LogP contribution in [0.5, 0.6) is 5.75 Å². The number of hydrogen-bond donors (Lipinski definition) is 2. The highest BCUT2D eigenvalue weighted by molar-refractivity contribution is 7.15. The van der Waals surface area contributed by atoms with Gasteiger partial charge in [0, 0.05) is 27.9 Å². The number of thiophene rings is 1. The number of aromatic nitrogens is 2. The second-order valence-electron chi connectivity index (χ2n) is 6.38. The molecule has 140 valence electrons. The molecule has 0 atom stereocenters. The molecule has 0 aliphatic rings. The number of benzene rings is 2. The van der Waals surface area contributed by atoms with Gasteiger partial charge in [-0.2, -0.15) is 4.98 Å². The largest absolute Gasteiger partial charge is 0.489 e. The smallest absolute Gasteiger partial charge is 0.221 e. The topological polar surface area (TPSA) is 87.0 Å². The van der Waals surface area contributed by atoms with Crippen LogP contribution in [0.3, 0.4) is 0 Å². The fourth-order valence-corrected chi connectivity index (χ4v) is 3.88. The Morgan fingerprint density at radius 3 is 2.43 bits per heavy atom. The minimum Gasteiger partial charge on any atom is -0.489 e. The van der Waals surface area contributed by atoms with E-state index in [1.165, 1.54) is 9.75 Å². The summed E-state index contributed by atoms with van der Waals surface area (Å²) in [5.41, 5.74) is 14.7. The van der Waals surface area contributed by atoms with Crippen molar-refractivity contribution < 1.29 is 4.74 Å². The van der Waals surface area contributed by atoms with Gasteiger partial charge in [0.25, 0.3) is 0 Å². The molecule has 0 amide bonds. The fraction of sp³-hybridized carbons (Fsp3) is 0.0909. The standard InChI is InChI=1S/C22H20N4OS/c23-21-17(13-25-22(24)26-21)12-19-10-11-20(28-19)16-6-8-18(9-7-16)27-14-15-4-2-1-3-5-15/h1-11,13H,12,14H2,(H4,23,24,25,26). The summed E-state index contributed by atoms with van der Waals surface area (Å²) in [7, 11) is 0. The van der Waals surface area contributed by atoms with Crippen molar-refractivity contribution >= 4 is 23.1 Å². The van der Waals surface area contributed by atoms with E-state index in [2.05, 4.69) is 46.4 Å². The summed E-state index contributed by atoms with van der Waals surface area (Å²) in [5.74, 6) is 1.49. The van der Waals surface area contributed by atoms with E-state index in [0.717, 1.165) is 22.4 Å². The average Bonchev–Trinajstić information content (AvgIpc) is 3.18. The van der Waals surface area contributed by atoms with Crippen LogP contribution in [0.2, 0.25) is 0 Å². The maximum atomic E-state index is 5.93. The van der Waals surface area contributed by atoms with Gasteiger partial charge in [0.15, 0.2) is 0 Å². The third kappa shape index (κ3) is 4.29. The SMILES string of the molecule is Nc1ncc(Cc2ccc(-c3ccc(OCc4ccccc4)cc3)s2)c(N)n1. The third-order valence-corrected chi connectivity index (χ3v) is 5.46. The summed E-state index contributed by atoms with van der Waals surface area (Å²) in [6.07, 6.45) is 2.38. The zero-order valence-electron chi connectivity index (χ0n) is 15.2. The number of anilines is 2. The maximum absolute atomic E-state index is 5.93. The van der Waals surface area contributed by atoms with Crippen molar-refractivity contribution in [3.8, 4) is 16.2 Å². The van der Waals surface area contributed by atoms with E-state index in [0.29, 0.717) is 18.8 Å². The molecule has 2 heterocycles. The Bertz CT molecular complexity index is 1060. The van der Waals surface area contributed by atoms with Crippen LogP contribution in [0.4, 0.5) is 11.8 Å². The molecule has 5 nitrogen and oxygen atoms in total. The molecule has 4 N–H and O–H groups in total. The van der Waals surface area contributed by atoms with Gasteiger partial charge in [0.1, 0.15) is 18.2 Å². The number of ether oxygens (including phenoxy) is 1. The van der Waals surface area contributed by atoms with Crippen LogP contribution >= 0.6 is 11.3 Å². The van der Waals surface area contributed by atoms with Gasteiger partial charge in [-0.1, -0.05) is 30.3 Å². The van der Waals surface area contributed by atoms with E-state index in [1.54, 1.807) is 17.5 Å². The molecule has 4 aromatic rings. The second-order valence-corrected chi connectivity index (χ2v) is 7.55. The first-order valence-electron chi connectivity index (χ1n) is 8.90. The van der Waals surface area contributed by atoms with Gasteiger partial charge >= 0.3 is 0 Å². The molecule has 0 aliphatic carbocycles. The minimum absolute atomic E-state index is 0.197. The number of nitrogen functional groups attached to an aromatic ring is 2. The number of nitrogens with two attached hydrogens (primary N) is 2. The highest BCUT2D eigenvalue weighted by atomic mass is 32.1. The summed E-state index contributed by atoms with van der Waals surface area (Å²) in [4.78, 5) is 10.4. The number of rotatable bonds is 6. The summed E-state index contributed by atoms with van der Waals surface area (Å²) in [6, 6.07) is 22.5. The molecule has 0 spiro atoms. The summed E-state index contributed by atoms with van der Waals surface area (Å²) >= 11 is 1.73. The molecule has 0 fully saturated rings. The third-order valence-electron chi connectivity index (χ3n) is 4.33. The van der Waals surface area contributed by atoms with Gasteiger partial charge < -0.3 is 16.2 Å². The van der Waals surface area contributed by atoms with Crippen molar-refractivity contribution in [3.63, 3.8) is 0 Å². The molecule has 28 heavy (non-hydrogen) atoms. The van der Waals surface area contributed by atoms with Crippen molar-refractivity contribution in [1.29, 1.82) is 0 Å². The van der Waals surface area contributed by atoms with Crippen LogP contribution in [0.25, 0.3) is 10.4 Å². The quantitative estimate of drug-likeness (QED) is 0.506. The Labute approximate surface area is 167 Å². The summed E-state index contributed by atoms with van der Waals surface area (Å²) in [5, 5.41) is 0. The van der Waals surface area contributed by atoms with Gasteiger partial charge in [-0.15, -0.1) is 11.3 Å². The van der Waals surface area contributed by atoms with Crippen LogP contribution in [0, 0.1) is 0 Å². The van der Waals surface area contributed by atoms with Crippen LogP contribution in [-0.2, 0) is 13.0 Å². The monoisotopic (exact) mass is 388 g/mol. The molecule has 2 aromatic heterocycles. The fourth-order valence-electron chi connectivity index (χ4n) is 2.84. The van der Waals surface area contributed by atoms with Crippen molar-refractivity contribution in [2.45, 2.75) is 13.0 Å². The first kappa shape index (κ1) is 18.0. The maximum Gasteiger partial charge on any atom is 0.221 e. The van der Waals surface area contributed by atoms with Gasteiger partial charge in [-0.25, -0.2) is 4.98 Å². The van der Waals surface area contributed by atoms with E-state index in [9.17, 15) is 0 Å². The molecule has 6 heteroatoms. The Hall–Kier alpha value is -3.38. The van der Waals surface area contributed by atoms with Crippen molar-refractivity contribution in [2.24, 2.45) is 0 Å². The zero-order chi connectivity index (χ0) is 19.3. The van der Waals surface area contributed by atoms with Crippen LogP contribution in [0.15, 0.2) is 72.9 Å². The molecular formula is C22H20N4OS. The van der Waals surface area contributed by atoms with Crippen LogP contribution in [0.1, 0.15) is 16.0 Å². The first-order chi connectivity index (χ1) is 13.7. The van der Waals surface area contributed by atoms with Gasteiger partial charge in [-0.05, 0) is 47.5 Å². The summed E-state index contributed by atoms with van der Waals surface area (Å²) < 4.78 is 5.86. The lowest BCUT2D eigenvalue weighted by molar-refractivity contribution is 0.306. The van der Waals surface area contributed by atoms with Gasteiger partial charge in [0.2, 0.25) is 5.95 Å². The Morgan fingerprint density at radius 1 is 0.893 bits per heavy atom. The predicted molar refractivity (Wildman–Crippen MR) is 114 cm³/mol. The van der Waals surface area contributed by atoms with Crippen LogP contribution in [-0.4, -0.2) is 9.97 Å². The highest BCUT2D eigenvalue weighted by Gasteiger charge is 2.08. The molecule has 0 radical (unpaired) electrons. The molecule has 0 bridgehead atoms. The Balaban J connectivity index is 1.42. The highest BCUT2D eigenvalue weighted by Crippen LogP contribution is 2.31. The lowest BCUT2D eigenvalue weighted by atomic mass is 10.1. The normalized spacial score (nSPS) is 10.7. The Morgan fingerprint density at radius 2 is 1.68 bits per heavy atom. The molecule has 0 aliphatic heterocycles. The van der Waals surface area contributed by atoms with E-state index >= 15 is 0 Å². The lowest BCUT2D eigenvalue weighted by Gasteiger charge is -2.07. The molecule has 0 saturated heterocycles. The lowest BCUT2D eigenvalue weighted by Crippen LogP contribution is -2.03. The molecule has 4 rings (SSSR count). The number of nitrogens with zero attached hydrogens (tertiary/aromatic N) is 2. The molecule has 0 saturated carbocycles. The molecular weight excluding hydrogens is 368 g/mol. The minimum atomic E-state index is 0.197. The van der Waals surface area contributed by atoms with Crippen molar-refractivity contribution in [2.75, 3.05) is 11.5 Å². The van der Waals surface area contributed by atoms with Gasteiger partial charge in [0.05, 0.1) is 0 Å². The van der Waals surface area contributed by atoms with E-state index in [4.69, 9.17) is 16.2 Å². The summed E-state index contributed by atoms with van der Waals surface area (Å²) in [6.45, 7) is 0.564. The average molecular weight is 388 g/mol. The van der Waals surface area contributed by atoms with E-state index in [-0.39, 0.29) is 5.95 Å². The van der Waals surface area contributed by atoms with Crippen molar-refractivity contribution in [3.05, 3.63) is 88.9 Å².